The van der Waals surface area contributed by atoms with Crippen LogP contribution in [0.5, 0.6) is 0 Å². The van der Waals surface area contributed by atoms with Crippen molar-refractivity contribution in [2.45, 2.75) is 32.2 Å². The van der Waals surface area contributed by atoms with Gasteiger partial charge in [-0.3, -0.25) is 14.6 Å². The number of anilines is 1. The Morgan fingerprint density at radius 3 is 2.44 bits per heavy atom. The third-order valence-electron chi connectivity index (χ3n) is 4.90. The monoisotopic (exact) mass is 362 g/mol. The van der Waals surface area contributed by atoms with Crippen LogP contribution in [0.15, 0.2) is 48.7 Å². The standard InChI is InChI=1S/C21H22N4O2/c22-13-15-4-3-6-18(12-15)25-21(27)17-9-7-16(8-10-17)20(26)24-14-19-5-1-2-11-23-19/h1-6,11-12,16-17H,7-10,14H2,(H,24,26)(H,25,27). The number of nitrogens with zero attached hydrogens (tertiary/aromatic N) is 2. The summed E-state index contributed by atoms with van der Waals surface area (Å²) in [4.78, 5) is 29.0. The number of pyridine rings is 1. The van der Waals surface area contributed by atoms with Gasteiger partial charge in [0.05, 0.1) is 23.9 Å². The van der Waals surface area contributed by atoms with Gasteiger partial charge >= 0.3 is 0 Å². The highest BCUT2D eigenvalue weighted by Crippen LogP contribution is 2.30. The first-order chi connectivity index (χ1) is 13.2. The molecule has 0 aliphatic heterocycles. The first kappa shape index (κ1) is 18.6. The predicted molar refractivity (Wildman–Crippen MR) is 101 cm³/mol. The zero-order chi connectivity index (χ0) is 19.1. The van der Waals surface area contributed by atoms with Crippen LogP contribution in [0.3, 0.4) is 0 Å². The van der Waals surface area contributed by atoms with Crippen molar-refractivity contribution < 1.29 is 9.59 Å². The van der Waals surface area contributed by atoms with Crippen LogP contribution < -0.4 is 10.6 Å². The Labute approximate surface area is 158 Å². The highest BCUT2D eigenvalue weighted by atomic mass is 16.2. The summed E-state index contributed by atoms with van der Waals surface area (Å²) < 4.78 is 0. The van der Waals surface area contributed by atoms with E-state index in [1.165, 1.54) is 0 Å². The number of carbonyl (C=O) groups excluding carboxylic acids is 2. The van der Waals surface area contributed by atoms with E-state index in [2.05, 4.69) is 21.7 Å². The lowest BCUT2D eigenvalue weighted by molar-refractivity contribution is -0.128. The van der Waals surface area contributed by atoms with Gasteiger partial charge in [-0.2, -0.15) is 5.26 Å². The number of aromatic nitrogens is 1. The largest absolute Gasteiger partial charge is 0.350 e. The summed E-state index contributed by atoms with van der Waals surface area (Å²) in [5.41, 5.74) is 1.98. The minimum Gasteiger partial charge on any atom is -0.350 e. The van der Waals surface area contributed by atoms with Crippen LogP contribution in [0.1, 0.15) is 36.9 Å². The van der Waals surface area contributed by atoms with Crippen molar-refractivity contribution in [3.8, 4) is 6.07 Å². The molecule has 0 bridgehead atoms. The maximum absolute atomic E-state index is 12.5. The third-order valence-corrected chi connectivity index (χ3v) is 4.90. The molecule has 6 nitrogen and oxygen atoms in total. The van der Waals surface area contributed by atoms with Crippen LogP contribution in [0.4, 0.5) is 5.69 Å². The number of hydrogen-bond donors (Lipinski definition) is 2. The molecule has 138 valence electrons. The number of nitrogens with one attached hydrogen (secondary N) is 2. The summed E-state index contributed by atoms with van der Waals surface area (Å²) in [5.74, 6) is -0.172. The van der Waals surface area contributed by atoms with Gasteiger partial charge in [0.25, 0.3) is 0 Å². The van der Waals surface area contributed by atoms with Gasteiger partial charge < -0.3 is 10.6 Å². The van der Waals surface area contributed by atoms with Gasteiger partial charge in [0, 0.05) is 23.7 Å². The Balaban J connectivity index is 1.45. The molecule has 0 spiro atoms. The van der Waals surface area contributed by atoms with E-state index in [9.17, 15) is 9.59 Å². The zero-order valence-corrected chi connectivity index (χ0v) is 15.0. The summed E-state index contributed by atoms with van der Waals surface area (Å²) in [6.45, 7) is 0.426. The molecule has 1 saturated carbocycles. The van der Waals surface area contributed by atoms with Crippen LogP contribution in [0.2, 0.25) is 0 Å². The molecule has 2 amide bonds. The van der Waals surface area contributed by atoms with Gasteiger partial charge in [-0.25, -0.2) is 0 Å². The van der Waals surface area contributed by atoms with Crippen molar-refractivity contribution in [3.05, 3.63) is 59.9 Å². The van der Waals surface area contributed by atoms with Crippen molar-refractivity contribution in [3.63, 3.8) is 0 Å². The summed E-state index contributed by atoms with van der Waals surface area (Å²) in [6.07, 6.45) is 4.48. The summed E-state index contributed by atoms with van der Waals surface area (Å²) in [7, 11) is 0. The molecule has 1 aliphatic rings. The lowest BCUT2D eigenvalue weighted by Crippen LogP contribution is -2.35. The molecule has 0 saturated heterocycles. The Bertz CT molecular complexity index is 837. The van der Waals surface area contributed by atoms with Gasteiger partial charge in [-0.1, -0.05) is 12.1 Å². The molecule has 1 aromatic heterocycles. The first-order valence-corrected chi connectivity index (χ1v) is 9.14. The van der Waals surface area contributed by atoms with Crippen LogP contribution in [0.25, 0.3) is 0 Å². The Morgan fingerprint density at radius 1 is 1.04 bits per heavy atom. The van der Waals surface area contributed by atoms with E-state index in [0.717, 1.165) is 5.69 Å². The number of carbonyl (C=O) groups is 2. The lowest BCUT2D eigenvalue weighted by atomic mass is 9.81. The molecular weight excluding hydrogens is 340 g/mol. The Hall–Kier alpha value is -3.20. The molecule has 0 atom stereocenters. The normalized spacial score (nSPS) is 18.9. The van der Waals surface area contributed by atoms with Crippen molar-refractivity contribution in [1.29, 1.82) is 5.26 Å². The number of hydrogen-bond acceptors (Lipinski definition) is 4. The van der Waals surface area contributed by atoms with Gasteiger partial charge in [-0.05, 0) is 56.0 Å². The minimum absolute atomic E-state index is 0.0289. The van der Waals surface area contributed by atoms with Gasteiger partial charge in [0.15, 0.2) is 0 Å². The molecule has 2 N–H and O–H groups in total. The van der Waals surface area contributed by atoms with Crippen LogP contribution >= 0.6 is 0 Å². The third kappa shape index (κ3) is 5.14. The van der Waals surface area contributed by atoms with E-state index in [1.54, 1.807) is 30.5 Å². The molecule has 1 heterocycles. The highest BCUT2D eigenvalue weighted by molar-refractivity contribution is 5.93. The van der Waals surface area contributed by atoms with Crippen molar-refractivity contribution in [2.75, 3.05) is 5.32 Å². The molecule has 3 rings (SSSR count). The molecule has 1 fully saturated rings. The first-order valence-electron chi connectivity index (χ1n) is 9.14. The molecule has 1 aromatic carbocycles. The van der Waals surface area contributed by atoms with Crippen LogP contribution in [-0.4, -0.2) is 16.8 Å². The fraction of sp³-hybridized carbons (Fsp3) is 0.333. The van der Waals surface area contributed by atoms with Crippen LogP contribution in [0, 0.1) is 23.2 Å². The van der Waals surface area contributed by atoms with Crippen molar-refractivity contribution >= 4 is 17.5 Å². The van der Waals surface area contributed by atoms with E-state index < -0.39 is 0 Å². The average molecular weight is 362 g/mol. The summed E-state index contributed by atoms with van der Waals surface area (Å²) >= 11 is 0. The molecule has 6 heteroatoms. The molecule has 0 radical (unpaired) electrons. The van der Waals surface area contributed by atoms with E-state index in [0.29, 0.717) is 43.5 Å². The van der Waals surface area contributed by atoms with Crippen molar-refractivity contribution in [1.82, 2.24) is 10.3 Å². The Morgan fingerprint density at radius 2 is 1.78 bits per heavy atom. The van der Waals surface area contributed by atoms with Gasteiger partial charge in [0.1, 0.15) is 0 Å². The summed E-state index contributed by atoms with van der Waals surface area (Å²) in [5, 5.41) is 14.7. The molecule has 2 aromatic rings. The molecule has 0 unspecified atom stereocenters. The quantitative estimate of drug-likeness (QED) is 0.855. The second-order valence-electron chi connectivity index (χ2n) is 6.77. The number of rotatable bonds is 5. The second-order valence-corrected chi connectivity index (χ2v) is 6.77. The van der Waals surface area contributed by atoms with Crippen molar-refractivity contribution in [2.24, 2.45) is 11.8 Å². The van der Waals surface area contributed by atoms with Gasteiger partial charge in [-0.15, -0.1) is 0 Å². The highest BCUT2D eigenvalue weighted by Gasteiger charge is 2.29. The fourth-order valence-corrected chi connectivity index (χ4v) is 3.35. The molecule has 27 heavy (non-hydrogen) atoms. The molecular formula is C21H22N4O2. The zero-order valence-electron chi connectivity index (χ0n) is 15.0. The van der Waals surface area contributed by atoms with Crippen LogP contribution in [-0.2, 0) is 16.1 Å². The average Bonchev–Trinajstić information content (AvgIpc) is 2.73. The lowest BCUT2D eigenvalue weighted by Gasteiger charge is -2.27. The fourth-order valence-electron chi connectivity index (χ4n) is 3.35. The maximum atomic E-state index is 12.5. The van der Waals surface area contributed by atoms with E-state index in [4.69, 9.17) is 5.26 Å². The van der Waals surface area contributed by atoms with Gasteiger partial charge in [0.2, 0.25) is 11.8 Å². The van der Waals surface area contributed by atoms with E-state index in [-0.39, 0.29) is 23.7 Å². The predicted octanol–water partition coefficient (Wildman–Crippen LogP) is 3.01. The number of amides is 2. The topological polar surface area (TPSA) is 94.9 Å². The maximum Gasteiger partial charge on any atom is 0.227 e. The number of benzene rings is 1. The van der Waals surface area contributed by atoms with E-state index in [1.807, 2.05) is 18.2 Å². The second kappa shape index (κ2) is 8.95. The SMILES string of the molecule is N#Cc1cccc(NC(=O)C2CCC(C(=O)NCc3ccccn3)CC2)c1. The molecule has 1 aliphatic carbocycles. The smallest absolute Gasteiger partial charge is 0.227 e. The summed E-state index contributed by atoms with van der Waals surface area (Å²) in [6, 6.07) is 14.6. The minimum atomic E-state index is -0.101. The Kier molecular flexibility index (Phi) is 6.16. The van der Waals surface area contributed by atoms with E-state index >= 15 is 0 Å². The number of nitriles is 1.